The highest BCUT2D eigenvalue weighted by molar-refractivity contribution is 4.73. The molecule has 0 N–H and O–H groups in total. The summed E-state index contributed by atoms with van der Waals surface area (Å²) in [6, 6.07) is 0. The Labute approximate surface area is 109 Å². The summed E-state index contributed by atoms with van der Waals surface area (Å²) in [5.74, 6) is 1.77. The van der Waals surface area contributed by atoms with Crippen LogP contribution in [-0.2, 0) is 4.74 Å². The summed E-state index contributed by atoms with van der Waals surface area (Å²) in [6.45, 7) is 12.6. The smallest absolute Gasteiger partial charge is 0.0495 e. The largest absolute Gasteiger partial charge is 0.381 e. The Morgan fingerprint density at radius 2 is 1.24 bits per heavy atom. The molecule has 0 aromatic rings. The highest BCUT2D eigenvalue weighted by Gasteiger charge is 2.22. The molecule has 2 fully saturated rings. The average molecular weight is 243 g/mol. The van der Waals surface area contributed by atoms with E-state index in [1.807, 2.05) is 27.7 Å². The molecule has 1 saturated heterocycles. The van der Waals surface area contributed by atoms with Crippen molar-refractivity contribution in [2.75, 3.05) is 33.4 Å². The molecule has 1 heterocycles. The third-order valence-electron chi connectivity index (χ3n) is 3.24. The van der Waals surface area contributed by atoms with E-state index in [-0.39, 0.29) is 0 Å². The average Bonchev–Trinajstić information content (AvgIpc) is 3.21. The summed E-state index contributed by atoms with van der Waals surface area (Å²) >= 11 is 0. The molecule has 0 amide bonds. The molecule has 1 aliphatic carbocycles. The minimum Gasteiger partial charge on any atom is -0.381 e. The first kappa shape index (κ1) is 16.9. The Morgan fingerprint density at radius 1 is 0.824 bits per heavy atom. The standard InChI is InChI=1S/C11H21NO.2C2H6/c1-12-6-4-11(5-7-12)9-13-8-10-2-3-10;2*1-2/h10-11H,2-9H2,1H3;2*1-2H3. The summed E-state index contributed by atoms with van der Waals surface area (Å²) in [7, 11) is 2.21. The Morgan fingerprint density at radius 3 is 1.65 bits per heavy atom. The van der Waals surface area contributed by atoms with Crippen LogP contribution in [0.4, 0.5) is 0 Å². The van der Waals surface area contributed by atoms with Gasteiger partial charge in [-0.2, -0.15) is 0 Å². The fourth-order valence-electron chi connectivity index (χ4n) is 1.91. The van der Waals surface area contributed by atoms with Gasteiger partial charge in [0.05, 0.1) is 0 Å². The fourth-order valence-corrected chi connectivity index (χ4v) is 1.91. The van der Waals surface area contributed by atoms with Crippen LogP contribution in [-0.4, -0.2) is 38.3 Å². The quantitative estimate of drug-likeness (QED) is 0.744. The van der Waals surface area contributed by atoms with Crippen LogP contribution < -0.4 is 0 Å². The zero-order valence-electron chi connectivity index (χ0n) is 12.7. The molecule has 0 radical (unpaired) electrons. The molecule has 0 aromatic heterocycles. The molecule has 1 saturated carbocycles. The number of rotatable bonds is 4. The van der Waals surface area contributed by atoms with Crippen LogP contribution in [0.2, 0.25) is 0 Å². The molecule has 1 aliphatic heterocycles. The summed E-state index contributed by atoms with van der Waals surface area (Å²) < 4.78 is 5.71. The van der Waals surface area contributed by atoms with Gasteiger partial charge in [-0.25, -0.2) is 0 Å². The van der Waals surface area contributed by atoms with E-state index in [1.54, 1.807) is 0 Å². The van der Waals surface area contributed by atoms with Crippen molar-refractivity contribution in [2.24, 2.45) is 11.8 Å². The summed E-state index contributed by atoms with van der Waals surface area (Å²) in [4.78, 5) is 2.41. The van der Waals surface area contributed by atoms with Gasteiger partial charge >= 0.3 is 0 Å². The van der Waals surface area contributed by atoms with E-state index in [0.717, 1.165) is 25.0 Å². The maximum atomic E-state index is 5.71. The van der Waals surface area contributed by atoms with Gasteiger partial charge in [0.2, 0.25) is 0 Å². The maximum absolute atomic E-state index is 5.71. The number of hydrogen-bond donors (Lipinski definition) is 0. The van der Waals surface area contributed by atoms with E-state index in [9.17, 15) is 0 Å². The molecular weight excluding hydrogens is 210 g/mol. The van der Waals surface area contributed by atoms with E-state index < -0.39 is 0 Å². The summed E-state index contributed by atoms with van der Waals surface area (Å²) in [5, 5.41) is 0. The van der Waals surface area contributed by atoms with Crippen molar-refractivity contribution in [3.8, 4) is 0 Å². The second-order valence-corrected chi connectivity index (χ2v) is 4.73. The minimum absolute atomic E-state index is 0.843. The van der Waals surface area contributed by atoms with Gasteiger partial charge in [0.15, 0.2) is 0 Å². The summed E-state index contributed by atoms with van der Waals surface area (Å²) in [6.07, 6.45) is 5.49. The first-order valence-corrected chi connectivity index (χ1v) is 7.61. The topological polar surface area (TPSA) is 12.5 Å². The number of nitrogens with zero attached hydrogens (tertiary/aromatic N) is 1. The number of ether oxygens (including phenoxy) is 1. The fraction of sp³-hybridized carbons (Fsp3) is 1.00. The predicted octanol–water partition coefficient (Wildman–Crippen LogP) is 3.81. The zero-order valence-corrected chi connectivity index (χ0v) is 12.7. The molecule has 2 nitrogen and oxygen atoms in total. The lowest BCUT2D eigenvalue weighted by Gasteiger charge is -2.28. The van der Waals surface area contributed by atoms with Gasteiger partial charge in [-0.1, -0.05) is 27.7 Å². The Hall–Kier alpha value is -0.0800. The Balaban J connectivity index is 0.000000581. The van der Waals surface area contributed by atoms with Crippen molar-refractivity contribution in [1.29, 1.82) is 0 Å². The van der Waals surface area contributed by atoms with Crippen LogP contribution in [0.5, 0.6) is 0 Å². The van der Waals surface area contributed by atoms with E-state index in [0.29, 0.717) is 0 Å². The van der Waals surface area contributed by atoms with Crippen LogP contribution in [0, 0.1) is 11.8 Å². The molecule has 0 unspecified atom stereocenters. The van der Waals surface area contributed by atoms with Crippen molar-refractivity contribution in [3.63, 3.8) is 0 Å². The SMILES string of the molecule is CC.CC.CN1CCC(COCC2CC2)CC1. The van der Waals surface area contributed by atoms with Crippen LogP contribution in [0.25, 0.3) is 0 Å². The van der Waals surface area contributed by atoms with Gasteiger partial charge in [0.1, 0.15) is 0 Å². The lowest BCUT2D eigenvalue weighted by molar-refractivity contribution is 0.0662. The molecule has 0 bridgehead atoms. The first-order valence-electron chi connectivity index (χ1n) is 7.61. The van der Waals surface area contributed by atoms with Crippen LogP contribution >= 0.6 is 0 Å². The van der Waals surface area contributed by atoms with Crippen molar-refractivity contribution in [3.05, 3.63) is 0 Å². The molecule has 2 aliphatic rings. The second-order valence-electron chi connectivity index (χ2n) is 4.73. The van der Waals surface area contributed by atoms with Crippen LogP contribution in [0.3, 0.4) is 0 Å². The van der Waals surface area contributed by atoms with Gasteiger partial charge < -0.3 is 9.64 Å². The predicted molar refractivity (Wildman–Crippen MR) is 76.5 cm³/mol. The third-order valence-corrected chi connectivity index (χ3v) is 3.24. The van der Waals surface area contributed by atoms with Gasteiger partial charge in [-0.15, -0.1) is 0 Å². The third kappa shape index (κ3) is 8.62. The van der Waals surface area contributed by atoms with E-state index in [2.05, 4.69) is 11.9 Å². The minimum atomic E-state index is 0.843. The van der Waals surface area contributed by atoms with Crippen molar-refractivity contribution >= 4 is 0 Å². The van der Waals surface area contributed by atoms with Crippen molar-refractivity contribution in [1.82, 2.24) is 4.90 Å². The van der Waals surface area contributed by atoms with Crippen LogP contribution in [0.15, 0.2) is 0 Å². The Kier molecular flexibility index (Phi) is 11.0. The maximum Gasteiger partial charge on any atom is 0.0495 e. The van der Waals surface area contributed by atoms with Crippen LogP contribution in [0.1, 0.15) is 53.4 Å². The Bertz CT molecular complexity index is 149. The lowest BCUT2D eigenvalue weighted by atomic mass is 9.98. The van der Waals surface area contributed by atoms with Crippen molar-refractivity contribution < 1.29 is 4.74 Å². The van der Waals surface area contributed by atoms with E-state index in [1.165, 1.54) is 38.8 Å². The molecule has 0 aromatic carbocycles. The monoisotopic (exact) mass is 243 g/mol. The lowest BCUT2D eigenvalue weighted by Crippen LogP contribution is -2.32. The molecule has 2 heteroatoms. The molecular formula is C15H33NO. The van der Waals surface area contributed by atoms with E-state index >= 15 is 0 Å². The number of hydrogen-bond acceptors (Lipinski definition) is 2. The first-order chi connectivity index (χ1) is 8.34. The highest BCUT2D eigenvalue weighted by atomic mass is 16.5. The van der Waals surface area contributed by atoms with Gasteiger partial charge in [0, 0.05) is 13.2 Å². The molecule has 104 valence electrons. The highest BCUT2D eigenvalue weighted by Crippen LogP contribution is 2.29. The number of likely N-dealkylation sites (tertiary alicyclic amines) is 1. The zero-order chi connectivity index (χ0) is 13.1. The number of piperidine rings is 1. The van der Waals surface area contributed by atoms with E-state index in [4.69, 9.17) is 4.74 Å². The summed E-state index contributed by atoms with van der Waals surface area (Å²) in [5.41, 5.74) is 0. The molecule has 2 rings (SSSR count). The molecule has 0 spiro atoms. The normalized spacial score (nSPS) is 21.0. The van der Waals surface area contributed by atoms with Gasteiger partial charge in [-0.3, -0.25) is 0 Å². The van der Waals surface area contributed by atoms with Crippen molar-refractivity contribution in [2.45, 2.75) is 53.4 Å². The van der Waals surface area contributed by atoms with Gasteiger partial charge in [0.25, 0.3) is 0 Å². The van der Waals surface area contributed by atoms with Gasteiger partial charge in [-0.05, 0) is 57.7 Å². The second kappa shape index (κ2) is 11.0. The molecule has 17 heavy (non-hydrogen) atoms. The molecule has 0 atom stereocenters.